The topological polar surface area (TPSA) is 33.7 Å². The van der Waals surface area contributed by atoms with E-state index in [1.54, 1.807) is 7.11 Å². The van der Waals surface area contributed by atoms with Gasteiger partial charge in [0.05, 0.1) is 7.11 Å². The smallest absolute Gasteiger partial charge is 0.119 e. The number of halogens is 2. The number of rotatable bonds is 4. The van der Waals surface area contributed by atoms with Crippen LogP contribution >= 0.6 is 24.8 Å². The van der Waals surface area contributed by atoms with Crippen LogP contribution in [0.25, 0.3) is 0 Å². The van der Waals surface area contributed by atoms with Crippen LogP contribution in [0, 0.1) is 5.92 Å². The molecule has 0 bridgehead atoms. The number of ether oxygens (including phenoxy) is 2. The maximum Gasteiger partial charge on any atom is 0.119 e. The summed E-state index contributed by atoms with van der Waals surface area (Å²) in [6.07, 6.45) is 2.32. The average molecular weight is 363 g/mol. The second kappa shape index (κ2) is 10.4. The van der Waals surface area contributed by atoms with Crippen molar-refractivity contribution in [2.75, 3.05) is 46.5 Å². The van der Waals surface area contributed by atoms with Crippen molar-refractivity contribution in [1.29, 1.82) is 0 Å². The molecular formula is C17H28Cl2N2O2. The number of hydrogen-bond donors (Lipinski definition) is 1. The molecule has 0 spiro atoms. The van der Waals surface area contributed by atoms with E-state index in [1.165, 1.54) is 5.56 Å². The van der Waals surface area contributed by atoms with Crippen molar-refractivity contribution in [3.8, 4) is 5.75 Å². The molecule has 2 heterocycles. The standard InChI is InChI=1S/C17H26N2O2.2ClH/c1-20-16-4-2-3-15(13-16)17(14-5-11-21-12-6-14)19-9-7-18-8-10-19;;/h2-4,13-14,17-18H,5-12H2,1H3;2*1H/t17-;;/m0../s1. The van der Waals surface area contributed by atoms with Crippen molar-refractivity contribution in [1.82, 2.24) is 10.2 Å². The predicted octanol–water partition coefficient (Wildman–Crippen LogP) is 2.91. The molecule has 2 aliphatic rings. The van der Waals surface area contributed by atoms with E-state index in [4.69, 9.17) is 9.47 Å². The van der Waals surface area contributed by atoms with Gasteiger partial charge in [0, 0.05) is 45.4 Å². The van der Waals surface area contributed by atoms with Crippen LogP contribution in [0.5, 0.6) is 5.75 Å². The summed E-state index contributed by atoms with van der Waals surface area (Å²) in [5, 5.41) is 3.46. The van der Waals surface area contributed by atoms with Gasteiger partial charge in [-0.25, -0.2) is 0 Å². The van der Waals surface area contributed by atoms with Gasteiger partial charge in [-0.3, -0.25) is 4.90 Å². The lowest BCUT2D eigenvalue weighted by molar-refractivity contribution is 0.0212. The molecule has 0 saturated carbocycles. The number of nitrogens with zero attached hydrogens (tertiary/aromatic N) is 1. The summed E-state index contributed by atoms with van der Waals surface area (Å²) >= 11 is 0. The average Bonchev–Trinajstić information content (AvgIpc) is 2.57. The lowest BCUT2D eigenvalue weighted by atomic mass is 9.85. The molecule has 3 rings (SSSR count). The Morgan fingerprint density at radius 2 is 1.87 bits per heavy atom. The van der Waals surface area contributed by atoms with E-state index >= 15 is 0 Å². The van der Waals surface area contributed by atoms with Gasteiger partial charge in [0.25, 0.3) is 0 Å². The van der Waals surface area contributed by atoms with E-state index < -0.39 is 0 Å². The normalized spacial score (nSPS) is 20.9. The molecule has 6 heteroatoms. The van der Waals surface area contributed by atoms with Gasteiger partial charge in [-0.1, -0.05) is 12.1 Å². The minimum atomic E-state index is 0. The highest BCUT2D eigenvalue weighted by molar-refractivity contribution is 5.85. The highest BCUT2D eigenvalue weighted by Crippen LogP contribution is 2.36. The Morgan fingerprint density at radius 3 is 2.52 bits per heavy atom. The first-order valence-corrected chi connectivity index (χ1v) is 8.05. The van der Waals surface area contributed by atoms with E-state index in [0.717, 1.165) is 58.0 Å². The first-order valence-electron chi connectivity index (χ1n) is 8.05. The summed E-state index contributed by atoms with van der Waals surface area (Å²) in [5.41, 5.74) is 1.39. The van der Waals surface area contributed by atoms with Gasteiger partial charge in [0.2, 0.25) is 0 Å². The molecule has 0 aromatic heterocycles. The van der Waals surface area contributed by atoms with Crippen LogP contribution in [0.15, 0.2) is 24.3 Å². The van der Waals surface area contributed by atoms with E-state index in [2.05, 4.69) is 28.4 Å². The molecule has 0 radical (unpaired) electrons. The Labute approximate surface area is 151 Å². The molecule has 1 aromatic rings. The molecule has 0 unspecified atom stereocenters. The third-order valence-corrected chi connectivity index (χ3v) is 4.69. The Balaban J connectivity index is 0.00000132. The van der Waals surface area contributed by atoms with Gasteiger partial charge in [0.15, 0.2) is 0 Å². The van der Waals surface area contributed by atoms with Crippen LogP contribution in [-0.2, 0) is 4.74 Å². The van der Waals surface area contributed by atoms with Gasteiger partial charge in [-0.2, -0.15) is 0 Å². The van der Waals surface area contributed by atoms with E-state index in [-0.39, 0.29) is 24.8 Å². The summed E-state index contributed by atoms with van der Waals surface area (Å²) < 4.78 is 11.0. The van der Waals surface area contributed by atoms with Gasteiger partial charge in [0.1, 0.15) is 5.75 Å². The minimum Gasteiger partial charge on any atom is -0.497 e. The SMILES string of the molecule is COc1cccc([C@H](C2CCOCC2)N2CCNCC2)c1.Cl.Cl. The first kappa shape index (κ1) is 20.5. The second-order valence-corrected chi connectivity index (χ2v) is 5.96. The highest BCUT2D eigenvalue weighted by Gasteiger charge is 2.31. The fourth-order valence-corrected chi connectivity index (χ4v) is 3.60. The van der Waals surface area contributed by atoms with Gasteiger partial charge in [-0.05, 0) is 36.5 Å². The number of nitrogens with one attached hydrogen (secondary N) is 1. The molecule has 4 nitrogen and oxygen atoms in total. The van der Waals surface area contributed by atoms with Crippen LogP contribution in [0.3, 0.4) is 0 Å². The zero-order valence-electron chi connectivity index (χ0n) is 13.7. The zero-order chi connectivity index (χ0) is 14.5. The van der Waals surface area contributed by atoms with Crippen LogP contribution in [0.2, 0.25) is 0 Å². The molecule has 2 saturated heterocycles. The third-order valence-electron chi connectivity index (χ3n) is 4.69. The van der Waals surface area contributed by atoms with Crippen LogP contribution in [0.4, 0.5) is 0 Å². The van der Waals surface area contributed by atoms with Crippen molar-refractivity contribution < 1.29 is 9.47 Å². The van der Waals surface area contributed by atoms with Crippen molar-refractivity contribution in [2.45, 2.75) is 18.9 Å². The lowest BCUT2D eigenvalue weighted by Gasteiger charge is -2.41. The van der Waals surface area contributed by atoms with E-state index in [9.17, 15) is 0 Å². The fourth-order valence-electron chi connectivity index (χ4n) is 3.60. The van der Waals surface area contributed by atoms with Crippen molar-refractivity contribution in [3.05, 3.63) is 29.8 Å². The highest BCUT2D eigenvalue weighted by atomic mass is 35.5. The summed E-state index contributed by atoms with van der Waals surface area (Å²) in [7, 11) is 1.74. The fraction of sp³-hybridized carbons (Fsp3) is 0.647. The largest absolute Gasteiger partial charge is 0.497 e. The number of piperazine rings is 1. The maximum absolute atomic E-state index is 5.56. The summed E-state index contributed by atoms with van der Waals surface area (Å²) in [5.74, 6) is 1.64. The van der Waals surface area contributed by atoms with E-state index in [1.807, 2.05) is 6.07 Å². The van der Waals surface area contributed by atoms with Crippen LogP contribution in [-0.4, -0.2) is 51.4 Å². The predicted molar refractivity (Wildman–Crippen MR) is 98.2 cm³/mol. The molecule has 0 aliphatic carbocycles. The molecule has 132 valence electrons. The Hall–Kier alpha value is -0.520. The summed E-state index contributed by atoms with van der Waals surface area (Å²) in [6.45, 7) is 6.22. The molecule has 0 amide bonds. The van der Waals surface area contributed by atoms with Gasteiger partial charge in [-0.15, -0.1) is 24.8 Å². The number of methoxy groups -OCH3 is 1. The van der Waals surface area contributed by atoms with Crippen molar-refractivity contribution in [3.63, 3.8) is 0 Å². The molecule has 23 heavy (non-hydrogen) atoms. The zero-order valence-corrected chi connectivity index (χ0v) is 15.3. The van der Waals surface area contributed by atoms with Crippen LogP contribution in [0.1, 0.15) is 24.4 Å². The second-order valence-electron chi connectivity index (χ2n) is 5.96. The Kier molecular flexibility index (Phi) is 9.25. The molecular weight excluding hydrogens is 335 g/mol. The lowest BCUT2D eigenvalue weighted by Crippen LogP contribution is -2.47. The van der Waals surface area contributed by atoms with Crippen LogP contribution < -0.4 is 10.1 Å². The maximum atomic E-state index is 5.56. The summed E-state index contributed by atoms with van der Waals surface area (Å²) in [6, 6.07) is 9.10. The van der Waals surface area contributed by atoms with Gasteiger partial charge >= 0.3 is 0 Å². The molecule has 2 aliphatic heterocycles. The molecule has 1 aromatic carbocycles. The summed E-state index contributed by atoms with van der Waals surface area (Å²) in [4.78, 5) is 2.64. The Bertz CT molecular complexity index is 432. The Morgan fingerprint density at radius 1 is 1.17 bits per heavy atom. The number of hydrogen-bond acceptors (Lipinski definition) is 4. The van der Waals surface area contributed by atoms with Crippen molar-refractivity contribution >= 4 is 24.8 Å². The quantitative estimate of drug-likeness (QED) is 0.892. The molecule has 1 N–H and O–H groups in total. The molecule has 1 atom stereocenters. The van der Waals surface area contributed by atoms with E-state index in [0.29, 0.717) is 12.0 Å². The number of benzene rings is 1. The first-order chi connectivity index (χ1) is 10.4. The van der Waals surface area contributed by atoms with Gasteiger partial charge < -0.3 is 14.8 Å². The minimum absolute atomic E-state index is 0. The van der Waals surface area contributed by atoms with Crippen molar-refractivity contribution in [2.24, 2.45) is 5.92 Å². The molecule has 2 fully saturated rings. The third kappa shape index (κ3) is 5.23. The monoisotopic (exact) mass is 362 g/mol.